The number of rotatable bonds is 5. The smallest absolute Gasteiger partial charge is 0.325 e. The minimum Gasteiger partial charge on any atom is -0.469 e. The van der Waals surface area contributed by atoms with Crippen molar-refractivity contribution in [2.75, 3.05) is 13.7 Å². The third-order valence-electron chi connectivity index (χ3n) is 1.95. The lowest BCUT2D eigenvalue weighted by Gasteiger charge is -2.03. The average Bonchev–Trinajstić information content (AvgIpc) is 2.68. The van der Waals surface area contributed by atoms with Crippen molar-refractivity contribution in [1.82, 2.24) is 15.4 Å². The Morgan fingerprint density at radius 2 is 2.05 bits per heavy atom. The number of amidine groups is 1. The van der Waals surface area contributed by atoms with Crippen LogP contribution in [0, 0.1) is 0 Å². The number of methoxy groups -OCH3 is 1. The lowest BCUT2D eigenvalue weighted by Crippen LogP contribution is -2.28. The molecule has 0 aromatic carbocycles. The Morgan fingerprint density at radius 1 is 1.40 bits per heavy atom. The van der Waals surface area contributed by atoms with Crippen molar-refractivity contribution < 1.29 is 22.7 Å². The summed E-state index contributed by atoms with van der Waals surface area (Å²) in [5, 5.41) is 4.29. The van der Waals surface area contributed by atoms with Crippen molar-refractivity contribution in [1.29, 1.82) is 0 Å². The van der Waals surface area contributed by atoms with E-state index in [1.54, 1.807) is 0 Å². The molecule has 0 spiro atoms. The second-order valence-corrected chi connectivity index (χ2v) is 5.72. The van der Waals surface area contributed by atoms with E-state index in [1.165, 1.54) is 7.11 Å². The second kappa shape index (κ2) is 6.88. The van der Waals surface area contributed by atoms with Gasteiger partial charge in [-0.2, -0.15) is 13.1 Å². The highest BCUT2D eigenvalue weighted by Crippen LogP contribution is 2.15. The number of hydrogen-bond donors (Lipinski definition) is 3. The minimum absolute atomic E-state index is 0.156. The molecule has 20 heavy (non-hydrogen) atoms. The Kier molecular flexibility index (Phi) is 5.74. The summed E-state index contributed by atoms with van der Waals surface area (Å²) in [6.45, 7) is -0.208. The van der Waals surface area contributed by atoms with Gasteiger partial charge >= 0.3 is 22.2 Å². The van der Waals surface area contributed by atoms with Crippen molar-refractivity contribution in [3.05, 3.63) is 10.2 Å². The number of carbonyl (C=O) groups excluding carboxylic acids is 2. The summed E-state index contributed by atoms with van der Waals surface area (Å²) >= 11 is 10.9. The summed E-state index contributed by atoms with van der Waals surface area (Å²) < 4.78 is 32.5. The second-order valence-electron chi connectivity index (χ2n) is 3.35. The quantitative estimate of drug-likeness (QED) is 0.592. The lowest BCUT2D eigenvalue weighted by atomic mass is 10.4. The first-order valence-electron chi connectivity index (χ1n) is 5.05. The summed E-state index contributed by atoms with van der Waals surface area (Å²) in [5.41, 5.74) is -0.156. The van der Waals surface area contributed by atoms with Crippen LogP contribution in [-0.4, -0.2) is 39.9 Å². The number of amides is 2. The van der Waals surface area contributed by atoms with E-state index in [2.05, 4.69) is 19.8 Å². The van der Waals surface area contributed by atoms with E-state index in [4.69, 9.17) is 23.2 Å². The fourth-order valence-corrected chi connectivity index (χ4v) is 2.19. The van der Waals surface area contributed by atoms with Gasteiger partial charge in [0.15, 0.2) is 5.84 Å². The minimum atomic E-state index is -4.13. The normalized spacial score (nSPS) is 16.9. The monoisotopic (exact) mass is 344 g/mol. The predicted octanol–water partition coefficient (Wildman–Crippen LogP) is -0.258. The van der Waals surface area contributed by atoms with Gasteiger partial charge in [-0.05, 0) is 0 Å². The van der Waals surface area contributed by atoms with Crippen LogP contribution in [0.5, 0.6) is 0 Å². The van der Waals surface area contributed by atoms with Crippen molar-refractivity contribution in [2.45, 2.75) is 6.42 Å². The highest BCUT2D eigenvalue weighted by Gasteiger charge is 2.26. The van der Waals surface area contributed by atoms with Crippen LogP contribution < -0.4 is 15.4 Å². The van der Waals surface area contributed by atoms with E-state index in [0.29, 0.717) is 0 Å². The summed E-state index contributed by atoms with van der Waals surface area (Å²) in [5.74, 6) is -0.929. The SMILES string of the molecule is COC(=O)CCNS(=O)(=O)/N=C1\NC(=O)NC1=C(Cl)Cl. The van der Waals surface area contributed by atoms with Crippen molar-refractivity contribution >= 4 is 51.2 Å². The van der Waals surface area contributed by atoms with Crippen LogP contribution >= 0.6 is 23.2 Å². The largest absolute Gasteiger partial charge is 0.469 e. The molecule has 0 aromatic rings. The zero-order valence-corrected chi connectivity index (χ0v) is 12.4. The van der Waals surface area contributed by atoms with Gasteiger partial charge in [0.1, 0.15) is 10.2 Å². The Labute approximate surface area is 124 Å². The van der Waals surface area contributed by atoms with Crippen LogP contribution in [0.15, 0.2) is 14.6 Å². The maximum atomic E-state index is 11.6. The van der Waals surface area contributed by atoms with Crippen molar-refractivity contribution in [3.8, 4) is 0 Å². The number of carbonyl (C=O) groups is 2. The van der Waals surface area contributed by atoms with Crippen LogP contribution in [0.3, 0.4) is 0 Å². The molecule has 112 valence electrons. The first-order chi connectivity index (χ1) is 9.25. The van der Waals surface area contributed by atoms with Gasteiger partial charge in [0.05, 0.1) is 13.5 Å². The number of nitrogens with one attached hydrogen (secondary N) is 3. The van der Waals surface area contributed by atoms with E-state index in [-0.39, 0.29) is 29.0 Å². The molecule has 0 saturated carbocycles. The number of halogens is 2. The first-order valence-corrected chi connectivity index (χ1v) is 7.25. The Bertz CT molecular complexity index is 582. The summed E-state index contributed by atoms with van der Waals surface area (Å²) in [7, 11) is -2.96. The molecule has 3 N–H and O–H groups in total. The van der Waals surface area contributed by atoms with Gasteiger partial charge in [0.2, 0.25) is 0 Å². The molecule has 1 aliphatic heterocycles. The standard InChI is InChI=1S/C8H10Cl2N4O5S/c1-19-4(15)2-3-11-20(17,18)14-7-5(6(9)10)12-8(16)13-7/h11H,2-3H2,1H3,(H2,12,13,14,16). The van der Waals surface area contributed by atoms with Crippen LogP contribution in [0.4, 0.5) is 4.79 Å². The molecule has 0 unspecified atom stereocenters. The van der Waals surface area contributed by atoms with Gasteiger partial charge in [-0.25, -0.2) is 4.79 Å². The number of urea groups is 1. The number of esters is 1. The molecule has 1 fully saturated rings. The fraction of sp³-hybridized carbons (Fsp3) is 0.375. The highest BCUT2D eigenvalue weighted by atomic mass is 35.5. The van der Waals surface area contributed by atoms with Crippen LogP contribution in [0.1, 0.15) is 6.42 Å². The molecule has 0 atom stereocenters. The van der Waals surface area contributed by atoms with Gasteiger partial charge in [-0.1, -0.05) is 23.2 Å². The van der Waals surface area contributed by atoms with E-state index in [1.807, 2.05) is 4.72 Å². The maximum Gasteiger partial charge on any atom is 0.325 e. The summed E-state index contributed by atoms with van der Waals surface area (Å²) in [6, 6.07) is -0.720. The van der Waals surface area contributed by atoms with Crippen molar-refractivity contribution in [2.24, 2.45) is 4.40 Å². The van der Waals surface area contributed by atoms with Gasteiger partial charge in [-0.15, -0.1) is 4.40 Å². The molecule has 1 saturated heterocycles. The Morgan fingerprint density at radius 3 is 2.60 bits per heavy atom. The first kappa shape index (κ1) is 16.7. The number of ether oxygens (including phenoxy) is 1. The van der Waals surface area contributed by atoms with Crippen LogP contribution in [0.25, 0.3) is 0 Å². The Hall–Kier alpha value is -1.36. The molecular formula is C8H10Cl2N4O5S. The summed E-state index contributed by atoms with van der Waals surface area (Å²) in [4.78, 5) is 21.9. The number of nitrogens with zero attached hydrogens (tertiary/aromatic N) is 1. The molecular weight excluding hydrogens is 335 g/mol. The summed E-state index contributed by atoms with van der Waals surface area (Å²) in [6.07, 6.45) is -0.163. The Balaban J connectivity index is 2.78. The van der Waals surface area contributed by atoms with Crippen molar-refractivity contribution in [3.63, 3.8) is 0 Å². The number of hydrogen-bond acceptors (Lipinski definition) is 5. The van der Waals surface area contributed by atoms with Gasteiger partial charge in [-0.3, -0.25) is 10.1 Å². The van der Waals surface area contributed by atoms with E-state index < -0.39 is 22.2 Å². The molecule has 2 amide bonds. The predicted molar refractivity (Wildman–Crippen MR) is 71.4 cm³/mol. The van der Waals surface area contributed by atoms with Crippen LogP contribution in [0.2, 0.25) is 0 Å². The fourth-order valence-electron chi connectivity index (χ4n) is 1.12. The van der Waals surface area contributed by atoms with E-state index in [9.17, 15) is 18.0 Å². The molecule has 12 heteroatoms. The third-order valence-corrected chi connectivity index (χ3v) is 3.32. The maximum absolute atomic E-state index is 11.6. The van der Waals surface area contributed by atoms with Gasteiger partial charge in [0, 0.05) is 6.54 Å². The van der Waals surface area contributed by atoms with Gasteiger partial charge < -0.3 is 10.1 Å². The average molecular weight is 345 g/mol. The highest BCUT2D eigenvalue weighted by molar-refractivity contribution is 7.88. The molecule has 9 nitrogen and oxygen atoms in total. The van der Waals surface area contributed by atoms with E-state index in [0.717, 1.165) is 0 Å². The van der Waals surface area contributed by atoms with Gasteiger partial charge in [0.25, 0.3) is 0 Å². The molecule has 1 heterocycles. The zero-order valence-electron chi connectivity index (χ0n) is 10.1. The van der Waals surface area contributed by atoms with E-state index >= 15 is 0 Å². The molecule has 0 radical (unpaired) electrons. The molecule has 0 aromatic heterocycles. The molecule has 1 rings (SSSR count). The molecule has 1 aliphatic rings. The topological polar surface area (TPSA) is 126 Å². The third kappa shape index (κ3) is 4.96. The molecule has 0 aliphatic carbocycles. The lowest BCUT2D eigenvalue weighted by molar-refractivity contribution is -0.140. The molecule has 0 bridgehead atoms. The van der Waals surface area contributed by atoms with Crippen LogP contribution in [-0.2, 0) is 19.7 Å². The zero-order chi connectivity index (χ0) is 15.3.